The molecule has 0 radical (unpaired) electrons. The van der Waals surface area contributed by atoms with Crippen molar-refractivity contribution in [3.63, 3.8) is 0 Å². The van der Waals surface area contributed by atoms with Crippen LogP contribution in [0.3, 0.4) is 0 Å². The van der Waals surface area contributed by atoms with Gasteiger partial charge in [0, 0.05) is 11.0 Å². The Labute approximate surface area is 165 Å². The quantitative estimate of drug-likeness (QED) is 0.527. The third kappa shape index (κ3) is 6.76. The van der Waals surface area contributed by atoms with E-state index in [2.05, 4.69) is 57.3 Å². The maximum atomic E-state index is 6.30. The Bertz CT molecular complexity index is 607. The van der Waals surface area contributed by atoms with E-state index < -0.39 is 0 Å². The van der Waals surface area contributed by atoms with Crippen LogP contribution in [0, 0.1) is 5.41 Å². The third-order valence-electron chi connectivity index (χ3n) is 5.36. The number of hydrogen-bond acceptors (Lipinski definition) is 3. The zero-order valence-corrected chi connectivity index (χ0v) is 17.5. The van der Waals surface area contributed by atoms with Gasteiger partial charge in [0.2, 0.25) is 0 Å². The lowest BCUT2D eigenvalue weighted by Crippen LogP contribution is -2.47. The second kappa shape index (κ2) is 10.0. The van der Waals surface area contributed by atoms with Crippen LogP contribution in [0.4, 0.5) is 0 Å². The van der Waals surface area contributed by atoms with Crippen molar-refractivity contribution in [3.05, 3.63) is 71.8 Å². The highest BCUT2D eigenvalue weighted by atomic mass is 16.7. The molecule has 0 spiro atoms. The normalized spacial score (nSPS) is 14.3. The maximum absolute atomic E-state index is 6.30. The van der Waals surface area contributed by atoms with Crippen LogP contribution >= 0.6 is 0 Å². The molecule has 0 saturated carbocycles. The average Bonchev–Trinajstić information content (AvgIpc) is 2.69. The molecule has 0 saturated heterocycles. The fourth-order valence-electron chi connectivity index (χ4n) is 3.47. The predicted octanol–water partition coefficient (Wildman–Crippen LogP) is 5.55. The van der Waals surface area contributed by atoms with Crippen molar-refractivity contribution < 1.29 is 9.47 Å². The Hall–Kier alpha value is -1.68. The largest absolute Gasteiger partial charge is 0.347 e. The minimum Gasteiger partial charge on any atom is -0.347 e. The van der Waals surface area contributed by atoms with E-state index in [4.69, 9.17) is 9.47 Å². The van der Waals surface area contributed by atoms with Crippen molar-refractivity contribution in [2.45, 2.75) is 65.6 Å². The Kier molecular flexibility index (Phi) is 8.03. The van der Waals surface area contributed by atoms with Gasteiger partial charge in [-0.1, -0.05) is 81.4 Å². The van der Waals surface area contributed by atoms with Gasteiger partial charge < -0.3 is 14.8 Å². The summed E-state index contributed by atoms with van der Waals surface area (Å²) >= 11 is 0. The molecule has 1 N–H and O–H groups in total. The van der Waals surface area contributed by atoms with Gasteiger partial charge in [-0.25, -0.2) is 0 Å². The van der Waals surface area contributed by atoms with Crippen LogP contribution < -0.4 is 5.32 Å². The lowest BCUT2D eigenvalue weighted by Gasteiger charge is -2.41. The van der Waals surface area contributed by atoms with Gasteiger partial charge in [-0.3, -0.25) is 0 Å². The molecule has 0 aliphatic carbocycles. The average molecular weight is 370 g/mol. The molecule has 1 atom stereocenters. The summed E-state index contributed by atoms with van der Waals surface area (Å²) in [5.74, 6) is 0. The molecule has 0 bridgehead atoms. The van der Waals surface area contributed by atoms with E-state index in [0.29, 0.717) is 13.2 Å². The van der Waals surface area contributed by atoms with Crippen LogP contribution in [0.1, 0.15) is 51.7 Å². The van der Waals surface area contributed by atoms with Crippen LogP contribution in [0.2, 0.25) is 0 Å². The van der Waals surface area contributed by atoms with Crippen molar-refractivity contribution in [1.82, 2.24) is 5.32 Å². The standard InChI is InChI=1S/C24H35NO2/c1-6-24(4,25-5)19-23(2,3)22(26-17-20-13-9-7-10-14-20)27-18-21-15-11-8-12-16-21/h7-16,22,25H,6,17-19H2,1-5H3. The molecule has 2 aromatic carbocycles. The highest BCUT2D eigenvalue weighted by molar-refractivity contribution is 5.14. The van der Waals surface area contributed by atoms with Gasteiger partial charge in [-0.05, 0) is 37.9 Å². The van der Waals surface area contributed by atoms with Crippen molar-refractivity contribution in [2.75, 3.05) is 7.05 Å². The summed E-state index contributed by atoms with van der Waals surface area (Å²) in [6, 6.07) is 20.6. The summed E-state index contributed by atoms with van der Waals surface area (Å²) < 4.78 is 12.6. The lowest BCUT2D eigenvalue weighted by molar-refractivity contribution is -0.216. The van der Waals surface area contributed by atoms with Gasteiger partial charge in [-0.2, -0.15) is 0 Å². The van der Waals surface area contributed by atoms with Gasteiger partial charge >= 0.3 is 0 Å². The van der Waals surface area contributed by atoms with Crippen LogP contribution in [-0.2, 0) is 22.7 Å². The van der Waals surface area contributed by atoms with E-state index in [0.717, 1.165) is 24.0 Å². The fourth-order valence-corrected chi connectivity index (χ4v) is 3.47. The van der Waals surface area contributed by atoms with E-state index in [1.54, 1.807) is 0 Å². The van der Waals surface area contributed by atoms with E-state index in [9.17, 15) is 0 Å². The predicted molar refractivity (Wildman–Crippen MR) is 112 cm³/mol. The van der Waals surface area contributed by atoms with Crippen molar-refractivity contribution in [2.24, 2.45) is 5.41 Å². The smallest absolute Gasteiger partial charge is 0.163 e. The second-order valence-corrected chi connectivity index (χ2v) is 8.25. The number of ether oxygens (including phenoxy) is 2. The molecule has 0 heterocycles. The van der Waals surface area contributed by atoms with E-state index >= 15 is 0 Å². The Balaban J connectivity index is 2.11. The van der Waals surface area contributed by atoms with E-state index in [1.807, 2.05) is 43.4 Å². The molecular formula is C24H35NO2. The summed E-state index contributed by atoms with van der Waals surface area (Å²) in [4.78, 5) is 0. The fraction of sp³-hybridized carbons (Fsp3) is 0.500. The number of hydrogen-bond donors (Lipinski definition) is 1. The molecule has 1 unspecified atom stereocenters. The zero-order chi connectivity index (χ0) is 19.8. The number of rotatable bonds is 11. The van der Waals surface area contributed by atoms with Crippen LogP contribution in [-0.4, -0.2) is 18.9 Å². The summed E-state index contributed by atoms with van der Waals surface area (Å²) in [5.41, 5.74) is 2.23. The summed E-state index contributed by atoms with van der Waals surface area (Å²) in [5, 5.41) is 3.48. The molecule has 0 aliphatic heterocycles. The molecule has 0 aromatic heterocycles. The molecule has 27 heavy (non-hydrogen) atoms. The molecule has 2 aromatic rings. The van der Waals surface area contributed by atoms with Crippen molar-refractivity contribution in [3.8, 4) is 0 Å². The zero-order valence-electron chi connectivity index (χ0n) is 17.5. The number of nitrogens with one attached hydrogen (secondary N) is 1. The first-order chi connectivity index (χ1) is 12.9. The van der Waals surface area contributed by atoms with Gasteiger partial charge in [0.1, 0.15) is 0 Å². The molecule has 3 heteroatoms. The molecule has 2 rings (SSSR count). The van der Waals surface area contributed by atoms with Crippen LogP contribution in [0.5, 0.6) is 0 Å². The Morgan fingerprint density at radius 2 is 1.26 bits per heavy atom. The molecule has 0 amide bonds. The highest BCUT2D eigenvalue weighted by Gasteiger charge is 2.37. The third-order valence-corrected chi connectivity index (χ3v) is 5.36. The molecule has 0 aliphatic rings. The van der Waals surface area contributed by atoms with Gasteiger partial charge in [-0.15, -0.1) is 0 Å². The van der Waals surface area contributed by atoms with Gasteiger partial charge in [0.15, 0.2) is 6.29 Å². The summed E-state index contributed by atoms with van der Waals surface area (Å²) in [6.07, 6.45) is 1.72. The van der Waals surface area contributed by atoms with Crippen molar-refractivity contribution >= 4 is 0 Å². The second-order valence-electron chi connectivity index (χ2n) is 8.25. The summed E-state index contributed by atoms with van der Waals surface area (Å²) in [6.45, 7) is 10.0. The van der Waals surface area contributed by atoms with E-state index in [1.165, 1.54) is 0 Å². The monoisotopic (exact) mass is 369 g/mol. The summed E-state index contributed by atoms with van der Waals surface area (Å²) in [7, 11) is 2.03. The van der Waals surface area contributed by atoms with E-state index in [-0.39, 0.29) is 17.2 Å². The first-order valence-corrected chi connectivity index (χ1v) is 9.88. The maximum Gasteiger partial charge on any atom is 0.163 e. The van der Waals surface area contributed by atoms with Crippen molar-refractivity contribution in [1.29, 1.82) is 0 Å². The molecule has 3 nitrogen and oxygen atoms in total. The minimum atomic E-state index is -0.294. The topological polar surface area (TPSA) is 30.5 Å². The number of benzene rings is 2. The lowest BCUT2D eigenvalue weighted by atomic mass is 9.77. The minimum absolute atomic E-state index is 0.0496. The molecule has 0 fully saturated rings. The Morgan fingerprint density at radius 3 is 1.63 bits per heavy atom. The molecular weight excluding hydrogens is 334 g/mol. The first kappa shape index (κ1) is 21.6. The van der Waals surface area contributed by atoms with Crippen LogP contribution in [0.15, 0.2) is 60.7 Å². The molecule has 148 valence electrons. The highest BCUT2D eigenvalue weighted by Crippen LogP contribution is 2.36. The SMILES string of the molecule is CCC(C)(CC(C)(C)C(OCc1ccccc1)OCc1ccccc1)NC. The van der Waals surface area contributed by atoms with Gasteiger partial charge in [0.05, 0.1) is 13.2 Å². The van der Waals surface area contributed by atoms with Crippen LogP contribution in [0.25, 0.3) is 0 Å². The van der Waals surface area contributed by atoms with Gasteiger partial charge in [0.25, 0.3) is 0 Å². The first-order valence-electron chi connectivity index (χ1n) is 9.88. The Morgan fingerprint density at radius 1 is 0.815 bits per heavy atom.